The van der Waals surface area contributed by atoms with Gasteiger partial charge in [-0.05, 0) is 6.92 Å². The summed E-state index contributed by atoms with van der Waals surface area (Å²) in [5, 5.41) is 8.70. The second kappa shape index (κ2) is 7.03. The lowest BCUT2D eigenvalue weighted by Crippen LogP contribution is -3.00. The molecule has 0 aliphatic heterocycles. The van der Waals surface area contributed by atoms with Gasteiger partial charge in [0.15, 0.2) is 0 Å². The Labute approximate surface area is 79.5 Å². The number of hydrogen-bond donors (Lipinski definition) is 2. The third-order valence-electron chi connectivity index (χ3n) is 2.07. The van der Waals surface area contributed by atoms with Gasteiger partial charge < -0.3 is 32.3 Å². The van der Waals surface area contributed by atoms with Crippen molar-refractivity contribution in [1.82, 2.24) is 0 Å². The molecule has 0 aromatic rings. The molecule has 0 saturated carbocycles. The molecular formula is C7H19BrN2O. The first-order valence-corrected chi connectivity index (χ1v) is 3.83. The Hall–Kier alpha value is 0.360. The molecule has 4 heteroatoms. The number of quaternary nitrogens is 1. The summed E-state index contributed by atoms with van der Waals surface area (Å²) in [5.41, 5.74) is 5.42. The molecule has 11 heavy (non-hydrogen) atoms. The highest BCUT2D eigenvalue weighted by atomic mass is 79.9. The summed E-state index contributed by atoms with van der Waals surface area (Å²) in [4.78, 5) is 0. The van der Waals surface area contributed by atoms with Gasteiger partial charge in [0.25, 0.3) is 0 Å². The minimum Gasteiger partial charge on any atom is -1.00 e. The molecule has 0 aromatic carbocycles. The Balaban J connectivity index is 0. The van der Waals surface area contributed by atoms with Crippen molar-refractivity contribution in [3.63, 3.8) is 0 Å². The van der Waals surface area contributed by atoms with Crippen molar-refractivity contribution in [3.05, 3.63) is 0 Å². The van der Waals surface area contributed by atoms with Crippen molar-refractivity contribution < 1.29 is 26.6 Å². The van der Waals surface area contributed by atoms with Crippen LogP contribution in [0.1, 0.15) is 6.92 Å². The van der Waals surface area contributed by atoms with E-state index in [9.17, 15) is 0 Å². The molecule has 0 aromatic heterocycles. The van der Waals surface area contributed by atoms with E-state index in [1.165, 1.54) is 0 Å². The summed E-state index contributed by atoms with van der Waals surface area (Å²) < 4.78 is 0.882. The van der Waals surface area contributed by atoms with Crippen molar-refractivity contribution in [2.75, 3.05) is 39.8 Å². The van der Waals surface area contributed by atoms with Crippen molar-refractivity contribution in [1.29, 1.82) is 0 Å². The summed E-state index contributed by atoms with van der Waals surface area (Å²) in [6.45, 7) is 5.88. The van der Waals surface area contributed by atoms with Gasteiger partial charge in [0.2, 0.25) is 0 Å². The van der Waals surface area contributed by atoms with E-state index in [0.29, 0.717) is 6.54 Å². The third-order valence-corrected chi connectivity index (χ3v) is 2.07. The molecule has 0 spiro atoms. The topological polar surface area (TPSA) is 46.2 Å². The second-order valence-corrected chi connectivity index (χ2v) is 2.90. The fourth-order valence-corrected chi connectivity index (χ4v) is 0.981. The normalized spacial score (nSPS) is 15.3. The number of hydrogen-bond acceptors (Lipinski definition) is 2. The van der Waals surface area contributed by atoms with E-state index >= 15 is 0 Å². The van der Waals surface area contributed by atoms with E-state index in [1.807, 2.05) is 0 Å². The molecule has 3 N–H and O–H groups in total. The first-order valence-electron chi connectivity index (χ1n) is 3.83. The van der Waals surface area contributed by atoms with Crippen LogP contribution in [-0.4, -0.2) is 49.4 Å². The summed E-state index contributed by atoms with van der Waals surface area (Å²) in [6.07, 6.45) is 0. The zero-order valence-corrected chi connectivity index (χ0v) is 8.97. The van der Waals surface area contributed by atoms with Gasteiger partial charge in [0.05, 0.1) is 26.7 Å². The zero-order chi connectivity index (χ0) is 8.04. The molecule has 1 atom stereocenters. The minimum absolute atomic E-state index is 0. The Morgan fingerprint density at radius 3 is 2.18 bits per heavy atom. The molecule has 0 bridgehead atoms. The molecule has 1 unspecified atom stereocenters. The van der Waals surface area contributed by atoms with Crippen LogP contribution in [0.5, 0.6) is 0 Å². The molecule has 0 rings (SSSR count). The number of rotatable bonds is 5. The maximum absolute atomic E-state index is 8.70. The van der Waals surface area contributed by atoms with Gasteiger partial charge in [-0.1, -0.05) is 0 Å². The van der Waals surface area contributed by atoms with Gasteiger partial charge in [-0.15, -0.1) is 0 Å². The van der Waals surface area contributed by atoms with Crippen LogP contribution in [0.2, 0.25) is 0 Å². The molecule has 0 aliphatic rings. The highest BCUT2D eigenvalue weighted by Crippen LogP contribution is 1.98. The molecule has 70 valence electrons. The minimum atomic E-state index is 0. The second-order valence-electron chi connectivity index (χ2n) is 2.90. The molecule has 0 saturated heterocycles. The van der Waals surface area contributed by atoms with Gasteiger partial charge in [-0.2, -0.15) is 0 Å². The van der Waals surface area contributed by atoms with E-state index in [2.05, 4.69) is 14.0 Å². The van der Waals surface area contributed by atoms with Crippen molar-refractivity contribution in [2.24, 2.45) is 5.73 Å². The number of nitrogens with zero attached hydrogens (tertiary/aromatic N) is 1. The van der Waals surface area contributed by atoms with Crippen LogP contribution in [0.4, 0.5) is 0 Å². The van der Waals surface area contributed by atoms with Crippen molar-refractivity contribution >= 4 is 0 Å². The van der Waals surface area contributed by atoms with Gasteiger partial charge in [0, 0.05) is 6.54 Å². The zero-order valence-electron chi connectivity index (χ0n) is 7.39. The van der Waals surface area contributed by atoms with E-state index in [0.717, 1.165) is 24.1 Å². The molecule has 3 nitrogen and oxygen atoms in total. The van der Waals surface area contributed by atoms with Gasteiger partial charge >= 0.3 is 0 Å². The Morgan fingerprint density at radius 2 is 1.91 bits per heavy atom. The van der Waals surface area contributed by atoms with Gasteiger partial charge in [0.1, 0.15) is 6.54 Å². The molecular weight excluding hydrogens is 208 g/mol. The highest BCUT2D eigenvalue weighted by Gasteiger charge is 2.15. The third kappa shape index (κ3) is 5.61. The van der Waals surface area contributed by atoms with Crippen LogP contribution >= 0.6 is 0 Å². The first kappa shape index (κ1) is 13.9. The Kier molecular flexibility index (Phi) is 8.90. The average molecular weight is 227 g/mol. The maximum Gasteiger partial charge on any atom is 0.102 e. The quantitative estimate of drug-likeness (QED) is 0.477. The summed E-state index contributed by atoms with van der Waals surface area (Å²) in [5.74, 6) is 0. The number of likely N-dealkylation sites (N-methyl/N-ethyl adjacent to an activating group) is 1. The maximum atomic E-state index is 8.70. The smallest absolute Gasteiger partial charge is 0.102 e. The Morgan fingerprint density at radius 1 is 1.36 bits per heavy atom. The molecule has 0 heterocycles. The molecule has 0 fully saturated rings. The SMILES string of the molecule is CC[N+](C)(CCN)CCO.[Br-]. The number of nitrogens with two attached hydrogens (primary N) is 1. The Bertz CT molecular complexity index is 84.5. The lowest BCUT2D eigenvalue weighted by Gasteiger charge is -2.32. The van der Waals surface area contributed by atoms with Gasteiger partial charge in [-0.3, -0.25) is 0 Å². The first-order chi connectivity index (χ1) is 4.68. The largest absolute Gasteiger partial charge is 1.00 e. The molecule has 0 aliphatic carbocycles. The standard InChI is InChI=1S/C7H19N2O.BrH/c1-3-9(2,5-4-8)6-7-10;/h10H,3-8H2,1-2H3;1H/q+1;/p-1. The van der Waals surface area contributed by atoms with E-state index in [4.69, 9.17) is 10.8 Å². The van der Waals surface area contributed by atoms with Crippen LogP contribution in [-0.2, 0) is 0 Å². The molecule has 0 radical (unpaired) electrons. The highest BCUT2D eigenvalue weighted by molar-refractivity contribution is 4.37. The predicted molar refractivity (Wildman–Crippen MR) is 42.6 cm³/mol. The fourth-order valence-electron chi connectivity index (χ4n) is 0.981. The monoisotopic (exact) mass is 226 g/mol. The van der Waals surface area contributed by atoms with Crippen molar-refractivity contribution in [2.45, 2.75) is 6.92 Å². The fraction of sp³-hybridized carbons (Fsp3) is 1.00. The van der Waals surface area contributed by atoms with Crippen LogP contribution < -0.4 is 22.7 Å². The number of halogens is 1. The summed E-state index contributed by atoms with van der Waals surface area (Å²) in [6, 6.07) is 0. The van der Waals surface area contributed by atoms with Crippen LogP contribution in [0.15, 0.2) is 0 Å². The van der Waals surface area contributed by atoms with Crippen LogP contribution in [0.25, 0.3) is 0 Å². The lowest BCUT2D eigenvalue weighted by atomic mass is 10.4. The number of aliphatic hydroxyl groups is 1. The van der Waals surface area contributed by atoms with Crippen molar-refractivity contribution in [3.8, 4) is 0 Å². The molecule has 0 amide bonds. The lowest BCUT2D eigenvalue weighted by molar-refractivity contribution is -0.906. The average Bonchev–Trinajstić information content (AvgIpc) is 1.89. The van der Waals surface area contributed by atoms with Crippen LogP contribution in [0, 0.1) is 0 Å². The van der Waals surface area contributed by atoms with E-state index in [-0.39, 0.29) is 23.6 Å². The predicted octanol–water partition coefficient (Wildman–Crippen LogP) is -3.59. The van der Waals surface area contributed by atoms with E-state index < -0.39 is 0 Å². The number of aliphatic hydroxyl groups excluding tert-OH is 1. The van der Waals surface area contributed by atoms with E-state index in [1.54, 1.807) is 0 Å². The van der Waals surface area contributed by atoms with Gasteiger partial charge in [-0.25, -0.2) is 0 Å². The summed E-state index contributed by atoms with van der Waals surface area (Å²) in [7, 11) is 2.11. The van der Waals surface area contributed by atoms with Crippen LogP contribution in [0.3, 0.4) is 0 Å². The summed E-state index contributed by atoms with van der Waals surface area (Å²) >= 11 is 0.